The monoisotopic (exact) mass is 455 g/mol. The van der Waals surface area contributed by atoms with Gasteiger partial charge in [-0.3, -0.25) is 5.43 Å². The second-order valence-corrected chi connectivity index (χ2v) is 8.43. The van der Waals surface area contributed by atoms with Crippen LogP contribution in [0.15, 0.2) is 77.9 Å². The SMILES string of the molecule is CCOC(OCC)c1cccc(C2Nc3cccc4c3C(=NNC4C=O)C2c2ccccc2)c1. The molecule has 2 heterocycles. The topological polar surface area (TPSA) is 72.0 Å². The number of nitrogens with one attached hydrogen (secondary N) is 2. The molecule has 34 heavy (non-hydrogen) atoms. The zero-order chi connectivity index (χ0) is 23.5. The smallest absolute Gasteiger partial charge is 0.183 e. The number of hydrogen-bond acceptors (Lipinski definition) is 6. The molecule has 0 fully saturated rings. The van der Waals surface area contributed by atoms with Gasteiger partial charge in [-0.15, -0.1) is 0 Å². The third-order valence-electron chi connectivity index (χ3n) is 6.42. The predicted octanol–water partition coefficient (Wildman–Crippen LogP) is 5.26. The van der Waals surface area contributed by atoms with Crippen LogP contribution in [0.4, 0.5) is 5.69 Å². The highest BCUT2D eigenvalue weighted by Crippen LogP contribution is 2.46. The summed E-state index contributed by atoms with van der Waals surface area (Å²) in [6.45, 7) is 5.08. The molecule has 2 aliphatic rings. The number of ether oxygens (including phenoxy) is 2. The summed E-state index contributed by atoms with van der Waals surface area (Å²) in [5.74, 6) is -0.0529. The van der Waals surface area contributed by atoms with Crippen molar-refractivity contribution in [3.63, 3.8) is 0 Å². The van der Waals surface area contributed by atoms with E-state index in [1.165, 1.54) is 0 Å². The first-order chi connectivity index (χ1) is 16.7. The predicted molar refractivity (Wildman–Crippen MR) is 133 cm³/mol. The van der Waals surface area contributed by atoms with E-state index < -0.39 is 12.3 Å². The van der Waals surface area contributed by atoms with Gasteiger partial charge in [0.05, 0.1) is 17.7 Å². The van der Waals surface area contributed by atoms with Crippen molar-refractivity contribution in [3.8, 4) is 0 Å². The second-order valence-electron chi connectivity index (χ2n) is 8.43. The van der Waals surface area contributed by atoms with E-state index in [1.54, 1.807) is 0 Å². The van der Waals surface area contributed by atoms with Crippen LogP contribution in [0, 0.1) is 0 Å². The molecule has 3 unspecified atom stereocenters. The van der Waals surface area contributed by atoms with Crippen molar-refractivity contribution in [2.45, 2.75) is 38.1 Å². The van der Waals surface area contributed by atoms with Crippen LogP contribution < -0.4 is 10.7 Å². The molecule has 6 heteroatoms. The minimum Gasteiger partial charge on any atom is -0.377 e. The molecule has 174 valence electrons. The molecule has 3 aromatic rings. The summed E-state index contributed by atoms with van der Waals surface area (Å²) in [7, 11) is 0. The minimum atomic E-state index is -0.449. The number of benzene rings is 3. The second kappa shape index (κ2) is 9.79. The molecule has 3 aromatic carbocycles. The first-order valence-electron chi connectivity index (χ1n) is 11.8. The third-order valence-corrected chi connectivity index (χ3v) is 6.42. The summed E-state index contributed by atoms with van der Waals surface area (Å²) < 4.78 is 11.7. The molecular weight excluding hydrogens is 426 g/mol. The molecule has 3 atom stereocenters. The summed E-state index contributed by atoms with van der Waals surface area (Å²) in [6, 6.07) is 24.3. The maximum atomic E-state index is 11.7. The van der Waals surface area contributed by atoms with Gasteiger partial charge in [0.15, 0.2) is 6.29 Å². The Balaban J connectivity index is 1.64. The highest BCUT2D eigenvalue weighted by atomic mass is 16.7. The summed E-state index contributed by atoms with van der Waals surface area (Å²) in [5.41, 5.74) is 10.2. The molecule has 0 saturated carbocycles. The van der Waals surface area contributed by atoms with Crippen molar-refractivity contribution in [1.82, 2.24) is 5.43 Å². The molecule has 0 bridgehead atoms. The van der Waals surface area contributed by atoms with Gasteiger partial charge >= 0.3 is 0 Å². The van der Waals surface area contributed by atoms with E-state index in [2.05, 4.69) is 59.3 Å². The largest absolute Gasteiger partial charge is 0.377 e. The molecule has 0 aromatic heterocycles. The van der Waals surface area contributed by atoms with Gasteiger partial charge in [-0.1, -0.05) is 60.7 Å². The lowest BCUT2D eigenvalue weighted by Crippen LogP contribution is -2.38. The highest BCUT2D eigenvalue weighted by Gasteiger charge is 2.40. The van der Waals surface area contributed by atoms with Crippen molar-refractivity contribution in [2.75, 3.05) is 18.5 Å². The van der Waals surface area contributed by atoms with Crippen LogP contribution in [-0.2, 0) is 14.3 Å². The first-order valence-corrected chi connectivity index (χ1v) is 11.8. The van der Waals surface area contributed by atoms with Gasteiger partial charge in [-0.25, -0.2) is 0 Å². The van der Waals surface area contributed by atoms with Crippen LogP contribution in [0.5, 0.6) is 0 Å². The van der Waals surface area contributed by atoms with E-state index in [-0.39, 0.29) is 12.0 Å². The number of anilines is 1. The summed E-state index contributed by atoms with van der Waals surface area (Å²) in [4.78, 5) is 11.7. The van der Waals surface area contributed by atoms with Gasteiger partial charge in [0.1, 0.15) is 12.3 Å². The number of carbonyl (C=O) groups excluding carboxylic acids is 1. The molecule has 0 spiro atoms. The van der Waals surface area contributed by atoms with E-state index in [0.29, 0.717) is 13.2 Å². The Hall–Kier alpha value is -3.48. The zero-order valence-corrected chi connectivity index (χ0v) is 19.4. The lowest BCUT2D eigenvalue weighted by atomic mass is 9.75. The average molecular weight is 456 g/mol. The average Bonchev–Trinajstić information content (AvgIpc) is 2.89. The van der Waals surface area contributed by atoms with E-state index in [1.807, 2.05) is 38.1 Å². The van der Waals surface area contributed by atoms with Gasteiger partial charge in [0.2, 0.25) is 0 Å². The highest BCUT2D eigenvalue weighted by molar-refractivity contribution is 6.13. The Labute approximate surface area is 200 Å². The lowest BCUT2D eigenvalue weighted by molar-refractivity contribution is -0.140. The maximum Gasteiger partial charge on any atom is 0.183 e. The number of aldehydes is 1. The molecule has 0 radical (unpaired) electrons. The van der Waals surface area contributed by atoms with Crippen molar-refractivity contribution in [3.05, 3.63) is 101 Å². The van der Waals surface area contributed by atoms with Gasteiger partial charge < -0.3 is 19.6 Å². The molecule has 0 amide bonds. The fourth-order valence-electron chi connectivity index (χ4n) is 4.97. The molecular formula is C28H29N3O3. The van der Waals surface area contributed by atoms with Crippen molar-refractivity contribution < 1.29 is 14.3 Å². The normalized spacial score (nSPS) is 20.7. The van der Waals surface area contributed by atoms with E-state index in [4.69, 9.17) is 14.6 Å². The summed E-state index contributed by atoms with van der Waals surface area (Å²) in [6.07, 6.45) is 0.500. The van der Waals surface area contributed by atoms with Gasteiger partial charge in [-0.05, 0) is 42.7 Å². The Morgan fingerprint density at radius 1 is 0.941 bits per heavy atom. The Bertz CT molecular complexity index is 1190. The van der Waals surface area contributed by atoms with Crippen molar-refractivity contribution >= 4 is 17.7 Å². The Morgan fingerprint density at radius 3 is 2.41 bits per heavy atom. The lowest BCUT2D eigenvalue weighted by Gasteiger charge is -2.40. The summed E-state index contributed by atoms with van der Waals surface area (Å²) >= 11 is 0. The molecule has 0 aliphatic carbocycles. The summed E-state index contributed by atoms with van der Waals surface area (Å²) in [5, 5.41) is 8.52. The van der Waals surface area contributed by atoms with Crippen LogP contribution in [0.25, 0.3) is 0 Å². The van der Waals surface area contributed by atoms with Gasteiger partial charge in [-0.2, -0.15) is 5.10 Å². The molecule has 2 N–H and O–H groups in total. The number of nitrogens with zero attached hydrogens (tertiary/aromatic N) is 1. The van der Waals surface area contributed by atoms with Crippen LogP contribution in [-0.4, -0.2) is 25.2 Å². The van der Waals surface area contributed by atoms with E-state index in [0.717, 1.165) is 45.5 Å². The van der Waals surface area contributed by atoms with Crippen molar-refractivity contribution in [2.24, 2.45) is 5.10 Å². The Morgan fingerprint density at radius 2 is 1.68 bits per heavy atom. The van der Waals surface area contributed by atoms with Crippen LogP contribution in [0.2, 0.25) is 0 Å². The van der Waals surface area contributed by atoms with E-state index in [9.17, 15) is 4.79 Å². The fraction of sp³-hybridized carbons (Fsp3) is 0.286. The molecule has 2 aliphatic heterocycles. The number of hydrogen-bond donors (Lipinski definition) is 2. The van der Waals surface area contributed by atoms with Gasteiger partial charge in [0, 0.05) is 30.0 Å². The number of rotatable bonds is 8. The minimum absolute atomic E-state index is 0.0529. The van der Waals surface area contributed by atoms with E-state index >= 15 is 0 Å². The van der Waals surface area contributed by atoms with Crippen molar-refractivity contribution in [1.29, 1.82) is 0 Å². The first kappa shape index (κ1) is 22.3. The zero-order valence-electron chi connectivity index (χ0n) is 19.4. The molecule has 6 nitrogen and oxygen atoms in total. The van der Waals surface area contributed by atoms with Crippen LogP contribution >= 0.6 is 0 Å². The fourth-order valence-corrected chi connectivity index (χ4v) is 4.97. The van der Waals surface area contributed by atoms with Crippen LogP contribution in [0.3, 0.4) is 0 Å². The van der Waals surface area contributed by atoms with Crippen LogP contribution in [0.1, 0.15) is 66.0 Å². The quantitative estimate of drug-likeness (QED) is 0.358. The third kappa shape index (κ3) is 4.00. The number of hydrazone groups is 1. The molecule has 0 saturated heterocycles. The molecule has 5 rings (SSSR count). The Kier molecular flexibility index (Phi) is 6.43. The maximum absolute atomic E-state index is 11.7. The number of carbonyl (C=O) groups is 1. The standard InChI is InChI=1S/C28H29N3O3/c1-3-33-28(34-4-2)20-13-8-12-19(16-20)26-24(18-10-6-5-7-11-18)27-25-21(23(17-32)30-31-27)14-9-15-22(25)29-26/h5-17,23-24,26,28-30H,3-4H2,1-2H3. The van der Waals surface area contributed by atoms with Gasteiger partial charge in [0.25, 0.3) is 0 Å².